The van der Waals surface area contributed by atoms with Crippen molar-refractivity contribution in [3.63, 3.8) is 0 Å². The van der Waals surface area contributed by atoms with E-state index in [1.165, 1.54) is 0 Å². The van der Waals surface area contributed by atoms with Crippen LogP contribution in [0, 0.1) is 5.92 Å². The first-order valence-corrected chi connectivity index (χ1v) is 8.18. The Hall–Kier alpha value is -1.82. The lowest BCUT2D eigenvalue weighted by Gasteiger charge is -2.20. The molecule has 0 aromatic heterocycles. The van der Waals surface area contributed by atoms with Crippen LogP contribution < -0.4 is 11.1 Å². The van der Waals surface area contributed by atoms with E-state index in [1.54, 1.807) is 19.1 Å². The molecule has 0 aliphatic heterocycles. The molecule has 1 aliphatic rings. The molecule has 3 N–H and O–H groups in total. The Morgan fingerprint density at radius 2 is 2.12 bits per heavy atom. The molecule has 3 nitrogen and oxygen atoms in total. The lowest BCUT2D eigenvalue weighted by atomic mass is 9.98. The Labute approximate surface area is 141 Å². The van der Waals surface area contributed by atoms with Gasteiger partial charge in [0, 0.05) is 12.1 Å². The number of nitrogens with one attached hydrogen (secondary N) is 1. The second-order valence-corrected chi connectivity index (χ2v) is 5.70. The number of hydrogen-bond acceptors (Lipinski definition) is 3. The number of allylic oxidation sites excluding steroid dienone is 7. The van der Waals surface area contributed by atoms with Crippen molar-refractivity contribution in [3.05, 3.63) is 47.3 Å². The Balaban J connectivity index is 3.10. The number of carbonyl (C=O) groups excluding carboxylic acids is 1. The number of carbonyl (C=O) groups is 1. The maximum Gasteiger partial charge on any atom is 0.416 e. The highest BCUT2D eigenvalue weighted by Gasteiger charge is 2.32. The van der Waals surface area contributed by atoms with Crippen molar-refractivity contribution in [3.8, 4) is 0 Å². The van der Waals surface area contributed by atoms with Crippen molar-refractivity contribution in [2.45, 2.75) is 45.7 Å². The summed E-state index contributed by atoms with van der Waals surface area (Å²) in [4.78, 5) is 12.2. The van der Waals surface area contributed by atoms with Crippen LogP contribution in [-0.2, 0) is 4.79 Å². The Kier molecular flexibility index (Phi) is 7.98. The third kappa shape index (κ3) is 6.35. The van der Waals surface area contributed by atoms with Gasteiger partial charge in [-0.2, -0.15) is 13.2 Å². The number of ketones is 1. The molecule has 0 saturated heterocycles. The summed E-state index contributed by atoms with van der Waals surface area (Å²) >= 11 is 0. The fourth-order valence-electron chi connectivity index (χ4n) is 2.35. The molecule has 1 rings (SSSR count). The van der Waals surface area contributed by atoms with E-state index in [0.717, 1.165) is 12.2 Å². The predicted molar refractivity (Wildman–Crippen MR) is 89.9 cm³/mol. The van der Waals surface area contributed by atoms with Gasteiger partial charge in [0.1, 0.15) is 0 Å². The van der Waals surface area contributed by atoms with Gasteiger partial charge in [0.25, 0.3) is 0 Å². The molecule has 6 heteroatoms. The van der Waals surface area contributed by atoms with E-state index in [-0.39, 0.29) is 30.2 Å². The molecule has 1 aliphatic carbocycles. The maximum absolute atomic E-state index is 13.1. The van der Waals surface area contributed by atoms with Crippen molar-refractivity contribution in [2.75, 3.05) is 6.54 Å². The summed E-state index contributed by atoms with van der Waals surface area (Å²) < 4.78 is 39.4. The number of nitrogens with two attached hydrogens (primary N) is 1. The van der Waals surface area contributed by atoms with Gasteiger partial charge in [-0.3, -0.25) is 4.79 Å². The minimum Gasteiger partial charge on any atom is -0.356 e. The number of hydrogen-bond donors (Lipinski definition) is 2. The molecule has 0 bridgehead atoms. The monoisotopic (exact) mass is 342 g/mol. The van der Waals surface area contributed by atoms with Gasteiger partial charge < -0.3 is 11.1 Å². The van der Waals surface area contributed by atoms with Crippen LogP contribution >= 0.6 is 0 Å². The van der Waals surface area contributed by atoms with Crippen LogP contribution in [0.2, 0.25) is 0 Å². The Morgan fingerprint density at radius 1 is 1.42 bits per heavy atom. The lowest BCUT2D eigenvalue weighted by Crippen LogP contribution is -2.25. The van der Waals surface area contributed by atoms with Crippen LogP contribution in [0.3, 0.4) is 0 Å². The summed E-state index contributed by atoms with van der Waals surface area (Å²) in [7, 11) is 0. The molecule has 0 fully saturated rings. The predicted octanol–water partition coefficient (Wildman–Crippen LogP) is 4.15. The van der Waals surface area contributed by atoms with Gasteiger partial charge in [-0.25, -0.2) is 0 Å². The molecule has 1 atom stereocenters. The summed E-state index contributed by atoms with van der Waals surface area (Å²) in [6.45, 7) is 3.89. The van der Waals surface area contributed by atoms with Crippen molar-refractivity contribution in [1.29, 1.82) is 0 Å². The lowest BCUT2D eigenvalue weighted by molar-refractivity contribution is -0.115. The van der Waals surface area contributed by atoms with E-state index in [2.05, 4.69) is 5.32 Å². The largest absolute Gasteiger partial charge is 0.416 e. The van der Waals surface area contributed by atoms with E-state index in [9.17, 15) is 18.0 Å². The number of Topliss-reactive ketones (excluding diaryl/α,β-unsaturated/α-hetero) is 1. The fourth-order valence-corrected chi connectivity index (χ4v) is 2.35. The zero-order valence-electron chi connectivity index (χ0n) is 14.1. The molecule has 24 heavy (non-hydrogen) atoms. The van der Waals surface area contributed by atoms with Crippen LogP contribution in [0.4, 0.5) is 13.2 Å². The average Bonchev–Trinajstić information content (AvgIpc) is 2.53. The smallest absolute Gasteiger partial charge is 0.356 e. The van der Waals surface area contributed by atoms with Crippen LogP contribution in [0.5, 0.6) is 0 Å². The minimum absolute atomic E-state index is 0.0220. The van der Waals surface area contributed by atoms with Gasteiger partial charge in [-0.05, 0) is 43.9 Å². The highest BCUT2D eigenvalue weighted by atomic mass is 19.4. The van der Waals surface area contributed by atoms with E-state index >= 15 is 0 Å². The zero-order valence-corrected chi connectivity index (χ0v) is 14.1. The fraction of sp³-hybridized carbons (Fsp3) is 0.500. The molecule has 0 aromatic rings. The topological polar surface area (TPSA) is 55.1 Å². The summed E-state index contributed by atoms with van der Waals surface area (Å²) in [5.74, 6) is -0.211. The molecule has 134 valence electrons. The second kappa shape index (κ2) is 9.47. The average molecular weight is 342 g/mol. The molecule has 0 heterocycles. The van der Waals surface area contributed by atoms with Gasteiger partial charge in [0.05, 0.1) is 11.3 Å². The third-order valence-corrected chi connectivity index (χ3v) is 3.59. The molecule has 0 saturated carbocycles. The minimum atomic E-state index is -4.49. The zero-order chi connectivity index (χ0) is 18.2. The first-order valence-electron chi connectivity index (χ1n) is 8.18. The third-order valence-electron chi connectivity index (χ3n) is 3.59. The molecule has 0 radical (unpaired) electrons. The normalized spacial score (nSPS) is 19.2. The van der Waals surface area contributed by atoms with Gasteiger partial charge in [-0.15, -0.1) is 0 Å². The SMILES string of the molecule is CC/C=C(/C=C(\NC1=CC=CC(CN)C1)C(=O)CCC)C(F)(F)F. The Bertz CT molecular complexity index is 557. The van der Waals surface area contributed by atoms with Gasteiger partial charge in [0.2, 0.25) is 0 Å². The molecular formula is C18H25F3N2O. The summed E-state index contributed by atoms with van der Waals surface area (Å²) in [6.07, 6.45) is 4.59. The maximum atomic E-state index is 13.1. The molecular weight excluding hydrogens is 317 g/mol. The highest BCUT2D eigenvalue weighted by Crippen LogP contribution is 2.28. The van der Waals surface area contributed by atoms with E-state index in [4.69, 9.17) is 5.73 Å². The summed E-state index contributed by atoms with van der Waals surface area (Å²) in [5.41, 5.74) is 5.50. The van der Waals surface area contributed by atoms with Gasteiger partial charge in [0.15, 0.2) is 5.78 Å². The van der Waals surface area contributed by atoms with Crippen LogP contribution in [0.25, 0.3) is 0 Å². The molecule has 0 amide bonds. The van der Waals surface area contributed by atoms with Gasteiger partial charge >= 0.3 is 6.18 Å². The standard InChI is InChI=1S/C18H25F3N2O/c1-3-6-14(18(19,20)21)11-16(17(24)7-4-2)23-15-9-5-8-13(10-15)12-22/h5-6,8-9,11,13,23H,3-4,7,10,12,22H2,1-2H3/b14-6-,16-11-. The van der Waals surface area contributed by atoms with Crippen molar-refractivity contribution in [2.24, 2.45) is 11.7 Å². The summed E-state index contributed by atoms with van der Waals surface area (Å²) in [6, 6.07) is 0. The van der Waals surface area contributed by atoms with E-state index in [0.29, 0.717) is 25.1 Å². The van der Waals surface area contributed by atoms with Gasteiger partial charge in [-0.1, -0.05) is 32.1 Å². The molecule has 0 aromatic carbocycles. The first kappa shape index (κ1) is 20.2. The van der Waals surface area contributed by atoms with Crippen LogP contribution in [-0.4, -0.2) is 18.5 Å². The highest BCUT2D eigenvalue weighted by molar-refractivity contribution is 5.95. The van der Waals surface area contributed by atoms with Crippen LogP contribution in [0.15, 0.2) is 47.3 Å². The molecule has 1 unspecified atom stereocenters. The quantitative estimate of drug-likeness (QED) is 0.515. The number of rotatable bonds is 8. The van der Waals surface area contributed by atoms with E-state index < -0.39 is 11.7 Å². The first-order chi connectivity index (χ1) is 11.3. The van der Waals surface area contributed by atoms with Crippen LogP contribution in [0.1, 0.15) is 39.5 Å². The van der Waals surface area contributed by atoms with Crippen molar-refractivity contribution >= 4 is 5.78 Å². The van der Waals surface area contributed by atoms with E-state index in [1.807, 2.05) is 13.0 Å². The summed E-state index contributed by atoms with van der Waals surface area (Å²) in [5, 5.41) is 2.89. The number of alkyl halides is 3. The number of halogens is 3. The van der Waals surface area contributed by atoms with Crippen molar-refractivity contribution < 1.29 is 18.0 Å². The van der Waals surface area contributed by atoms with Crippen molar-refractivity contribution in [1.82, 2.24) is 5.32 Å². The molecule has 0 spiro atoms. The second-order valence-electron chi connectivity index (χ2n) is 5.70. The Morgan fingerprint density at radius 3 is 2.67 bits per heavy atom.